The molecule has 0 heterocycles. The number of ether oxygens (including phenoxy) is 1. The van der Waals surface area contributed by atoms with Gasteiger partial charge in [0.2, 0.25) is 0 Å². The van der Waals surface area contributed by atoms with Gasteiger partial charge in [-0.25, -0.2) is 4.79 Å². The van der Waals surface area contributed by atoms with Gasteiger partial charge in [-0.05, 0) is 13.8 Å². The summed E-state index contributed by atoms with van der Waals surface area (Å²) in [6.45, 7) is 7.40. The predicted octanol–water partition coefficient (Wildman–Crippen LogP) is 0.650. The van der Waals surface area contributed by atoms with Crippen molar-refractivity contribution in [3.8, 4) is 0 Å². The summed E-state index contributed by atoms with van der Waals surface area (Å²) in [6, 6.07) is 0. The van der Waals surface area contributed by atoms with Gasteiger partial charge in [-0.3, -0.25) is 0 Å². The number of hydrogen-bond acceptors (Lipinski definition) is 4. The lowest BCUT2D eigenvalue weighted by atomic mass is 10.4. The first-order chi connectivity index (χ1) is 7.67. The van der Waals surface area contributed by atoms with E-state index in [4.69, 9.17) is 9.26 Å². The van der Waals surface area contributed by atoms with Crippen molar-refractivity contribution < 1.29 is 23.4 Å². The molecule has 6 heteroatoms. The molecular weight excluding hydrogens is 241 g/mol. The van der Waals surface area contributed by atoms with Crippen LogP contribution in [-0.2, 0) is 14.1 Å². The molecule has 0 rings (SSSR count). The van der Waals surface area contributed by atoms with Crippen molar-refractivity contribution in [2.75, 3.05) is 34.3 Å². The molecule has 0 spiro atoms. The van der Waals surface area contributed by atoms with Crippen LogP contribution >= 0.6 is 8.00 Å². The molecule has 0 bridgehead atoms. The number of hydrogen-bond donors (Lipinski definition) is 0. The predicted molar refractivity (Wildman–Crippen MR) is 67.4 cm³/mol. The molecule has 0 aromatic rings. The third-order valence-corrected chi connectivity index (χ3v) is 2.75. The number of nitrogens with zero attached hydrogens (tertiary/aromatic N) is 1. The highest BCUT2D eigenvalue weighted by Gasteiger charge is 2.25. The fourth-order valence-corrected chi connectivity index (χ4v) is 1.99. The molecule has 1 atom stereocenters. The van der Waals surface area contributed by atoms with Crippen molar-refractivity contribution in [1.29, 1.82) is 0 Å². The van der Waals surface area contributed by atoms with E-state index in [2.05, 4.69) is 6.58 Å². The van der Waals surface area contributed by atoms with Crippen molar-refractivity contribution in [3.05, 3.63) is 12.2 Å². The van der Waals surface area contributed by atoms with Gasteiger partial charge in [-0.15, -0.1) is 0 Å². The Labute approximate surface area is 104 Å². The zero-order valence-electron chi connectivity index (χ0n) is 11.1. The zero-order chi connectivity index (χ0) is 13.6. The second-order valence-corrected chi connectivity index (χ2v) is 5.96. The van der Waals surface area contributed by atoms with E-state index < -0.39 is 14.0 Å². The van der Waals surface area contributed by atoms with E-state index in [0.29, 0.717) is 17.6 Å². The van der Waals surface area contributed by atoms with Crippen LogP contribution in [0.15, 0.2) is 12.2 Å². The Morgan fingerprint density at radius 3 is 2.29 bits per heavy atom. The molecule has 0 aromatic carbocycles. The SMILES string of the molecule is C=C(C)C(=O)OC(C[N+](C)(C)C)=[P+]([O-])OCC. The summed E-state index contributed by atoms with van der Waals surface area (Å²) in [5.74, 6) is -0.573. The highest BCUT2D eigenvalue weighted by Crippen LogP contribution is 2.18. The number of rotatable bonds is 6. The maximum absolute atomic E-state index is 11.8. The topological polar surface area (TPSA) is 58.6 Å². The Bertz CT molecular complexity index is 331. The Balaban J connectivity index is 4.93. The third kappa shape index (κ3) is 7.23. The maximum Gasteiger partial charge on any atom is 0.362 e. The molecule has 0 aliphatic rings. The van der Waals surface area contributed by atoms with E-state index >= 15 is 0 Å². The van der Waals surface area contributed by atoms with Crippen LogP contribution in [-0.4, -0.2) is 50.2 Å². The molecule has 5 nitrogen and oxygen atoms in total. The fraction of sp³-hybridized carbons (Fsp3) is 0.636. The summed E-state index contributed by atoms with van der Waals surface area (Å²) in [4.78, 5) is 23.2. The summed E-state index contributed by atoms with van der Waals surface area (Å²) >= 11 is 0. The molecule has 0 aliphatic heterocycles. The van der Waals surface area contributed by atoms with E-state index in [-0.39, 0.29) is 11.1 Å². The Morgan fingerprint density at radius 2 is 1.94 bits per heavy atom. The normalized spacial score (nSPS) is 13.1. The van der Waals surface area contributed by atoms with Crippen LogP contribution in [0.1, 0.15) is 13.8 Å². The van der Waals surface area contributed by atoms with E-state index in [1.165, 1.54) is 0 Å². The summed E-state index contributed by atoms with van der Waals surface area (Å²) in [6.07, 6.45) is 0. The standard InChI is InChI=1S/C11H21NO4P/c1-7-15-17(14)10(8-12(4,5)6)16-11(13)9(2)3/h2,7-8H2,1,3-6H3/q+1. The molecule has 0 saturated carbocycles. The lowest BCUT2D eigenvalue weighted by Gasteiger charge is -2.22. The molecule has 0 saturated heterocycles. The number of esters is 1. The second-order valence-electron chi connectivity index (χ2n) is 4.69. The first-order valence-electron chi connectivity index (χ1n) is 5.31. The highest BCUT2D eigenvalue weighted by atomic mass is 31.1. The molecule has 0 aliphatic carbocycles. The van der Waals surface area contributed by atoms with E-state index in [1.807, 2.05) is 21.1 Å². The van der Waals surface area contributed by atoms with Crippen molar-refractivity contribution in [1.82, 2.24) is 0 Å². The molecular formula is C11H21NO4P+. The van der Waals surface area contributed by atoms with Crippen molar-refractivity contribution >= 4 is 19.4 Å². The lowest BCUT2D eigenvalue weighted by Crippen LogP contribution is -2.41. The van der Waals surface area contributed by atoms with Gasteiger partial charge in [0, 0.05) is 5.57 Å². The van der Waals surface area contributed by atoms with Crippen LogP contribution in [0.5, 0.6) is 0 Å². The molecule has 1 unspecified atom stereocenters. The van der Waals surface area contributed by atoms with Gasteiger partial charge in [0.25, 0.3) is 8.00 Å². The van der Waals surface area contributed by atoms with E-state index in [9.17, 15) is 9.69 Å². The average molecular weight is 262 g/mol. The first-order valence-corrected chi connectivity index (χ1v) is 6.49. The monoisotopic (exact) mass is 262 g/mol. The van der Waals surface area contributed by atoms with Crippen molar-refractivity contribution in [2.45, 2.75) is 13.8 Å². The molecule has 0 amide bonds. The molecule has 0 N–H and O–H groups in total. The summed E-state index contributed by atoms with van der Waals surface area (Å²) in [7, 11) is 3.62. The minimum absolute atomic E-state index is 0.155. The van der Waals surface area contributed by atoms with Gasteiger partial charge in [0.1, 0.15) is 0 Å². The van der Waals surface area contributed by atoms with Crippen LogP contribution in [0.2, 0.25) is 0 Å². The van der Waals surface area contributed by atoms with Gasteiger partial charge in [0.05, 0.1) is 27.7 Å². The average Bonchev–Trinajstić information content (AvgIpc) is 2.14. The second kappa shape index (κ2) is 6.87. The Kier molecular flexibility index (Phi) is 6.57. The quantitative estimate of drug-likeness (QED) is 0.305. The molecule has 17 heavy (non-hydrogen) atoms. The minimum atomic E-state index is -2.10. The van der Waals surface area contributed by atoms with Crippen LogP contribution < -0.4 is 4.89 Å². The molecule has 0 fully saturated rings. The molecule has 0 radical (unpaired) electrons. The largest absolute Gasteiger partial charge is 0.600 e. The van der Waals surface area contributed by atoms with Crippen LogP contribution in [0.3, 0.4) is 0 Å². The number of likely N-dealkylation sites (N-methyl/N-ethyl adjacent to an activating group) is 1. The Hall–Kier alpha value is -0.740. The fourth-order valence-electron chi connectivity index (χ4n) is 0.916. The van der Waals surface area contributed by atoms with E-state index in [0.717, 1.165) is 0 Å². The van der Waals surface area contributed by atoms with E-state index in [1.54, 1.807) is 13.8 Å². The summed E-state index contributed by atoms with van der Waals surface area (Å²) in [5.41, 5.74) is 0.422. The smallest absolute Gasteiger partial charge is 0.362 e. The van der Waals surface area contributed by atoms with Gasteiger partial charge in [0.15, 0.2) is 6.54 Å². The van der Waals surface area contributed by atoms with Crippen molar-refractivity contribution in [2.24, 2.45) is 0 Å². The van der Waals surface area contributed by atoms with Gasteiger partial charge >= 0.3 is 11.4 Å². The van der Waals surface area contributed by atoms with Crippen LogP contribution in [0, 0.1) is 0 Å². The first kappa shape index (κ1) is 16.3. The molecule has 98 valence electrons. The van der Waals surface area contributed by atoms with Crippen molar-refractivity contribution in [3.63, 3.8) is 0 Å². The van der Waals surface area contributed by atoms with Gasteiger partial charge < -0.3 is 14.1 Å². The maximum atomic E-state index is 11.8. The zero-order valence-corrected chi connectivity index (χ0v) is 12.0. The van der Waals surface area contributed by atoms with Gasteiger partial charge in [-0.2, -0.15) is 4.52 Å². The highest BCUT2D eigenvalue weighted by molar-refractivity contribution is 7.46. The van der Waals surface area contributed by atoms with Crippen LogP contribution in [0.25, 0.3) is 0 Å². The molecule has 0 aromatic heterocycles. The Morgan fingerprint density at radius 1 is 1.41 bits per heavy atom. The number of carbonyl (C=O) groups is 1. The third-order valence-electron chi connectivity index (χ3n) is 1.62. The summed E-state index contributed by atoms with van der Waals surface area (Å²) in [5, 5.41) is 0. The van der Waals surface area contributed by atoms with Crippen LogP contribution in [0.4, 0.5) is 0 Å². The minimum Gasteiger partial charge on any atom is -0.600 e. The number of carbonyl (C=O) groups excluding carboxylic acids is 1. The summed E-state index contributed by atoms with van der Waals surface area (Å²) < 4.78 is 10.5. The number of quaternary nitrogens is 1. The van der Waals surface area contributed by atoms with Gasteiger partial charge in [-0.1, -0.05) is 6.58 Å². The lowest BCUT2D eigenvalue weighted by molar-refractivity contribution is -0.861.